The summed E-state index contributed by atoms with van der Waals surface area (Å²) in [5.41, 5.74) is 2.45. The molecular formula is C13H16N2. The molecule has 1 aromatic heterocycles. The molecule has 0 fully saturated rings. The van der Waals surface area contributed by atoms with Crippen molar-refractivity contribution in [2.75, 3.05) is 0 Å². The van der Waals surface area contributed by atoms with E-state index in [4.69, 9.17) is 0 Å². The van der Waals surface area contributed by atoms with E-state index in [9.17, 15) is 0 Å². The highest BCUT2D eigenvalue weighted by Gasteiger charge is 2.03. The second-order valence-corrected chi connectivity index (χ2v) is 4.08. The van der Waals surface area contributed by atoms with Crippen molar-refractivity contribution in [2.45, 2.75) is 26.3 Å². The maximum Gasteiger partial charge on any atom is 0.0659 e. The smallest absolute Gasteiger partial charge is 0.0659 e. The summed E-state index contributed by atoms with van der Waals surface area (Å²) in [6.07, 6.45) is 2.04. The molecule has 2 rings (SSSR count). The molecule has 0 radical (unpaired) electrons. The standard InChI is InChI=1S/C13H16N2/c1-11(2)13-8-9-15(14-13)10-12-6-4-3-5-7-12/h3-9,11H,10H2,1-2H3. The van der Waals surface area contributed by atoms with Gasteiger partial charge >= 0.3 is 0 Å². The van der Waals surface area contributed by atoms with Crippen molar-refractivity contribution in [1.82, 2.24) is 9.78 Å². The van der Waals surface area contributed by atoms with Crippen LogP contribution in [0.15, 0.2) is 42.6 Å². The number of rotatable bonds is 3. The molecule has 0 unspecified atom stereocenters. The van der Waals surface area contributed by atoms with Gasteiger partial charge in [-0.05, 0) is 17.5 Å². The fourth-order valence-corrected chi connectivity index (χ4v) is 1.54. The quantitative estimate of drug-likeness (QED) is 0.744. The van der Waals surface area contributed by atoms with Crippen LogP contribution in [-0.2, 0) is 6.54 Å². The van der Waals surface area contributed by atoms with E-state index in [-0.39, 0.29) is 0 Å². The van der Waals surface area contributed by atoms with E-state index in [0.717, 1.165) is 12.2 Å². The Morgan fingerprint density at radius 1 is 1.13 bits per heavy atom. The summed E-state index contributed by atoms with van der Waals surface area (Å²) in [5, 5.41) is 4.52. The molecule has 0 aliphatic heterocycles. The summed E-state index contributed by atoms with van der Waals surface area (Å²) < 4.78 is 1.99. The normalized spacial score (nSPS) is 10.9. The second-order valence-electron chi connectivity index (χ2n) is 4.08. The molecule has 78 valence electrons. The van der Waals surface area contributed by atoms with Crippen molar-refractivity contribution in [3.63, 3.8) is 0 Å². The molecule has 0 aliphatic carbocycles. The number of aromatic nitrogens is 2. The largest absolute Gasteiger partial charge is 0.268 e. The molecule has 0 N–H and O–H groups in total. The Morgan fingerprint density at radius 3 is 2.47 bits per heavy atom. The molecular weight excluding hydrogens is 184 g/mol. The van der Waals surface area contributed by atoms with Gasteiger partial charge in [0.2, 0.25) is 0 Å². The minimum absolute atomic E-state index is 0.502. The van der Waals surface area contributed by atoms with Gasteiger partial charge in [-0.25, -0.2) is 0 Å². The van der Waals surface area contributed by atoms with E-state index in [1.54, 1.807) is 0 Å². The Kier molecular flexibility index (Phi) is 2.86. The molecule has 0 bridgehead atoms. The molecule has 1 heterocycles. The Bertz CT molecular complexity index is 415. The summed E-state index contributed by atoms with van der Waals surface area (Å²) in [4.78, 5) is 0. The zero-order valence-electron chi connectivity index (χ0n) is 9.22. The summed E-state index contributed by atoms with van der Waals surface area (Å²) in [6.45, 7) is 5.18. The first-order chi connectivity index (χ1) is 7.25. The van der Waals surface area contributed by atoms with Gasteiger partial charge in [0.25, 0.3) is 0 Å². The van der Waals surface area contributed by atoms with Crippen LogP contribution in [0.2, 0.25) is 0 Å². The lowest BCUT2D eigenvalue weighted by Gasteiger charge is -2.02. The molecule has 2 aromatic rings. The van der Waals surface area contributed by atoms with Gasteiger partial charge in [-0.1, -0.05) is 44.2 Å². The van der Waals surface area contributed by atoms with E-state index < -0.39 is 0 Å². The lowest BCUT2D eigenvalue weighted by Crippen LogP contribution is -2.01. The molecule has 2 nitrogen and oxygen atoms in total. The van der Waals surface area contributed by atoms with Crippen molar-refractivity contribution in [2.24, 2.45) is 0 Å². The number of nitrogens with zero attached hydrogens (tertiary/aromatic N) is 2. The van der Waals surface area contributed by atoms with Gasteiger partial charge in [0.1, 0.15) is 0 Å². The SMILES string of the molecule is CC(C)c1ccn(Cc2ccccc2)n1. The highest BCUT2D eigenvalue weighted by molar-refractivity contribution is 5.15. The molecule has 0 atom stereocenters. The molecule has 0 aliphatic rings. The predicted molar refractivity (Wildman–Crippen MR) is 61.9 cm³/mol. The first-order valence-electron chi connectivity index (χ1n) is 5.33. The van der Waals surface area contributed by atoms with E-state index in [2.05, 4.69) is 49.3 Å². The third-order valence-electron chi connectivity index (χ3n) is 2.44. The topological polar surface area (TPSA) is 17.8 Å². The van der Waals surface area contributed by atoms with Crippen LogP contribution in [0.5, 0.6) is 0 Å². The van der Waals surface area contributed by atoms with Crippen molar-refractivity contribution in [3.8, 4) is 0 Å². The summed E-state index contributed by atoms with van der Waals surface area (Å²) in [6, 6.07) is 12.5. The fourth-order valence-electron chi connectivity index (χ4n) is 1.54. The summed E-state index contributed by atoms with van der Waals surface area (Å²) >= 11 is 0. The van der Waals surface area contributed by atoms with Crippen molar-refractivity contribution in [3.05, 3.63) is 53.9 Å². The van der Waals surface area contributed by atoms with E-state index >= 15 is 0 Å². The lowest BCUT2D eigenvalue weighted by atomic mass is 10.1. The van der Waals surface area contributed by atoms with E-state index in [0.29, 0.717) is 5.92 Å². The van der Waals surface area contributed by atoms with Crippen LogP contribution in [0.3, 0.4) is 0 Å². The van der Waals surface area contributed by atoms with Crippen LogP contribution in [0, 0.1) is 0 Å². The lowest BCUT2D eigenvalue weighted by molar-refractivity contribution is 0.657. The number of benzene rings is 1. The molecule has 0 amide bonds. The Labute approximate surface area is 90.6 Å². The summed E-state index contributed by atoms with van der Waals surface area (Å²) in [7, 11) is 0. The van der Waals surface area contributed by atoms with Gasteiger partial charge < -0.3 is 0 Å². The zero-order valence-corrected chi connectivity index (χ0v) is 9.22. The van der Waals surface area contributed by atoms with Gasteiger partial charge in [0, 0.05) is 6.20 Å². The van der Waals surface area contributed by atoms with Crippen molar-refractivity contribution < 1.29 is 0 Å². The number of hydrogen-bond acceptors (Lipinski definition) is 1. The van der Waals surface area contributed by atoms with Crippen LogP contribution in [0.25, 0.3) is 0 Å². The minimum atomic E-state index is 0.502. The second kappa shape index (κ2) is 4.30. The van der Waals surface area contributed by atoms with Gasteiger partial charge in [0.05, 0.1) is 12.2 Å². The van der Waals surface area contributed by atoms with Crippen molar-refractivity contribution in [1.29, 1.82) is 0 Å². The average Bonchev–Trinajstić information content (AvgIpc) is 2.68. The molecule has 2 heteroatoms. The monoisotopic (exact) mass is 200 g/mol. The Hall–Kier alpha value is -1.57. The van der Waals surface area contributed by atoms with Crippen LogP contribution in [-0.4, -0.2) is 9.78 Å². The summed E-state index contributed by atoms with van der Waals surface area (Å²) in [5.74, 6) is 0.502. The van der Waals surface area contributed by atoms with E-state index in [1.165, 1.54) is 5.56 Å². The van der Waals surface area contributed by atoms with Gasteiger partial charge in [0.15, 0.2) is 0 Å². The zero-order chi connectivity index (χ0) is 10.7. The third-order valence-corrected chi connectivity index (χ3v) is 2.44. The van der Waals surface area contributed by atoms with Gasteiger partial charge in [-0.2, -0.15) is 5.10 Å². The minimum Gasteiger partial charge on any atom is -0.268 e. The highest BCUT2D eigenvalue weighted by atomic mass is 15.3. The molecule has 0 saturated heterocycles. The van der Waals surface area contributed by atoms with Gasteiger partial charge in [-0.3, -0.25) is 4.68 Å². The Morgan fingerprint density at radius 2 is 1.87 bits per heavy atom. The van der Waals surface area contributed by atoms with Crippen LogP contribution >= 0.6 is 0 Å². The Balaban J connectivity index is 2.12. The molecule has 0 saturated carbocycles. The molecule has 15 heavy (non-hydrogen) atoms. The number of hydrogen-bond donors (Lipinski definition) is 0. The van der Waals surface area contributed by atoms with Crippen LogP contribution in [0.4, 0.5) is 0 Å². The first kappa shape index (κ1) is 9.97. The predicted octanol–water partition coefficient (Wildman–Crippen LogP) is 3.05. The molecule has 1 aromatic carbocycles. The highest BCUT2D eigenvalue weighted by Crippen LogP contribution is 2.11. The van der Waals surface area contributed by atoms with E-state index in [1.807, 2.05) is 16.9 Å². The maximum absolute atomic E-state index is 4.52. The fraction of sp³-hybridized carbons (Fsp3) is 0.308. The maximum atomic E-state index is 4.52. The van der Waals surface area contributed by atoms with Gasteiger partial charge in [-0.15, -0.1) is 0 Å². The first-order valence-corrected chi connectivity index (χ1v) is 5.33. The molecule has 0 spiro atoms. The van der Waals surface area contributed by atoms with Crippen molar-refractivity contribution >= 4 is 0 Å². The van der Waals surface area contributed by atoms with Crippen LogP contribution < -0.4 is 0 Å². The van der Waals surface area contributed by atoms with Crippen LogP contribution in [0.1, 0.15) is 31.0 Å². The third kappa shape index (κ3) is 2.46. The average molecular weight is 200 g/mol.